The van der Waals surface area contributed by atoms with Gasteiger partial charge in [0.1, 0.15) is 5.75 Å². The molecule has 3 aromatic carbocycles. The number of halogens is 1. The van der Waals surface area contributed by atoms with Crippen LogP contribution >= 0.6 is 11.6 Å². The number of anilines is 1. The van der Waals surface area contributed by atoms with Gasteiger partial charge in [-0.2, -0.15) is 0 Å². The van der Waals surface area contributed by atoms with E-state index in [9.17, 15) is 14.9 Å². The third-order valence-corrected chi connectivity index (χ3v) is 5.11. The average Bonchev–Trinajstić information content (AvgIpc) is 2.89. The highest BCUT2D eigenvalue weighted by molar-refractivity contribution is 6.31. The Balaban J connectivity index is 1.78. The Hall–Kier alpha value is -3.58. The second-order valence-corrected chi connectivity index (χ2v) is 7.21. The monoisotopic (exact) mass is 424 g/mol. The van der Waals surface area contributed by atoms with Crippen LogP contribution in [-0.4, -0.2) is 18.0 Å². The molecule has 152 valence electrons. The van der Waals surface area contributed by atoms with Gasteiger partial charge in [-0.25, -0.2) is 4.79 Å². The molecule has 0 saturated carbocycles. The molecule has 1 aliphatic heterocycles. The van der Waals surface area contributed by atoms with E-state index in [1.807, 2.05) is 29.2 Å². The fourth-order valence-corrected chi connectivity index (χ4v) is 3.59. The summed E-state index contributed by atoms with van der Waals surface area (Å²) in [5, 5.41) is 12.2. The number of nitro benzene ring substituents is 1. The van der Waals surface area contributed by atoms with Crippen molar-refractivity contribution in [2.75, 3.05) is 12.0 Å². The van der Waals surface area contributed by atoms with E-state index in [1.54, 1.807) is 24.3 Å². The molecule has 8 heteroatoms. The van der Waals surface area contributed by atoms with Crippen LogP contribution < -0.4 is 9.64 Å². The van der Waals surface area contributed by atoms with Gasteiger partial charge in [-0.05, 0) is 36.4 Å². The number of hydrogen-bond acceptors (Lipinski definition) is 6. The fourth-order valence-electron chi connectivity index (χ4n) is 3.43. The minimum Gasteiger partial charge on any atom is -0.465 e. The molecule has 3 aromatic rings. The predicted octanol–water partition coefficient (Wildman–Crippen LogP) is 5.35. The maximum Gasteiger partial charge on any atom is 0.338 e. The molecule has 4 rings (SSSR count). The van der Waals surface area contributed by atoms with E-state index >= 15 is 0 Å². The van der Waals surface area contributed by atoms with Crippen molar-refractivity contribution >= 4 is 28.9 Å². The minimum absolute atomic E-state index is 0.126. The van der Waals surface area contributed by atoms with Crippen molar-refractivity contribution in [2.24, 2.45) is 0 Å². The number of esters is 1. The van der Waals surface area contributed by atoms with Gasteiger partial charge < -0.3 is 14.4 Å². The van der Waals surface area contributed by atoms with E-state index in [-0.39, 0.29) is 17.8 Å². The van der Waals surface area contributed by atoms with Crippen molar-refractivity contribution in [1.29, 1.82) is 0 Å². The second-order valence-electron chi connectivity index (χ2n) is 6.77. The van der Waals surface area contributed by atoms with E-state index in [2.05, 4.69) is 4.74 Å². The zero-order chi connectivity index (χ0) is 21.3. The highest BCUT2D eigenvalue weighted by Gasteiger charge is 2.25. The molecule has 1 aliphatic rings. The van der Waals surface area contributed by atoms with Gasteiger partial charge in [0.15, 0.2) is 5.75 Å². The number of fused-ring (bicyclic) bond motifs is 2. The van der Waals surface area contributed by atoms with Crippen molar-refractivity contribution < 1.29 is 19.2 Å². The largest absolute Gasteiger partial charge is 0.465 e. The van der Waals surface area contributed by atoms with Gasteiger partial charge in [0.2, 0.25) is 0 Å². The Bertz CT molecular complexity index is 1150. The number of methoxy groups -OCH3 is 1. The smallest absolute Gasteiger partial charge is 0.338 e. The van der Waals surface area contributed by atoms with Crippen molar-refractivity contribution in [3.05, 3.63) is 92.5 Å². The Morgan fingerprint density at radius 2 is 1.97 bits per heavy atom. The van der Waals surface area contributed by atoms with E-state index in [0.717, 1.165) is 17.0 Å². The van der Waals surface area contributed by atoms with Crippen LogP contribution in [0.1, 0.15) is 21.5 Å². The molecule has 0 aliphatic carbocycles. The van der Waals surface area contributed by atoms with E-state index < -0.39 is 10.9 Å². The molecule has 0 N–H and O–H groups in total. The first-order valence-electron chi connectivity index (χ1n) is 9.12. The summed E-state index contributed by atoms with van der Waals surface area (Å²) in [5.74, 6) is 0.705. The van der Waals surface area contributed by atoms with Crippen LogP contribution in [0.3, 0.4) is 0 Å². The molecule has 1 heterocycles. The molecule has 0 aromatic heterocycles. The summed E-state index contributed by atoms with van der Waals surface area (Å²) in [4.78, 5) is 24.9. The summed E-state index contributed by atoms with van der Waals surface area (Å²) in [6.07, 6.45) is 0. The summed E-state index contributed by atoms with van der Waals surface area (Å²) >= 11 is 6.22. The Kier molecular flexibility index (Phi) is 5.29. The van der Waals surface area contributed by atoms with Crippen molar-refractivity contribution in [2.45, 2.75) is 13.1 Å². The van der Waals surface area contributed by atoms with Gasteiger partial charge in [-0.3, -0.25) is 10.1 Å². The molecule has 0 spiro atoms. The first-order valence-corrected chi connectivity index (χ1v) is 9.50. The van der Waals surface area contributed by atoms with Crippen molar-refractivity contribution in [3.63, 3.8) is 0 Å². The number of hydrogen-bond donors (Lipinski definition) is 0. The molecule has 0 fully saturated rings. The van der Waals surface area contributed by atoms with Crippen molar-refractivity contribution in [3.8, 4) is 11.5 Å². The van der Waals surface area contributed by atoms with Gasteiger partial charge in [-0.15, -0.1) is 0 Å². The number of benzene rings is 3. The zero-order valence-corrected chi connectivity index (χ0v) is 16.8. The highest BCUT2D eigenvalue weighted by atomic mass is 35.5. The normalized spacial score (nSPS) is 12.3. The molecular formula is C22H17ClN2O5. The predicted molar refractivity (Wildman–Crippen MR) is 112 cm³/mol. The van der Waals surface area contributed by atoms with Crippen LogP contribution in [0.5, 0.6) is 11.5 Å². The molecule has 0 saturated heterocycles. The number of carbonyl (C=O) groups is 1. The lowest BCUT2D eigenvalue weighted by Crippen LogP contribution is -2.22. The minimum atomic E-state index is -0.626. The number of para-hydroxylation sites is 1. The lowest BCUT2D eigenvalue weighted by Gasteiger charge is -2.24. The first kappa shape index (κ1) is 19.7. The number of carbonyl (C=O) groups excluding carboxylic acids is 1. The number of rotatable bonds is 4. The Morgan fingerprint density at radius 1 is 1.17 bits per heavy atom. The summed E-state index contributed by atoms with van der Waals surface area (Å²) in [7, 11) is 1.23. The summed E-state index contributed by atoms with van der Waals surface area (Å²) in [6, 6.07) is 17.3. The Morgan fingerprint density at radius 3 is 2.73 bits per heavy atom. The molecule has 0 bridgehead atoms. The van der Waals surface area contributed by atoms with Crippen LogP contribution in [0.2, 0.25) is 5.02 Å². The maximum absolute atomic E-state index is 11.8. The fraction of sp³-hybridized carbons (Fsp3) is 0.136. The molecule has 0 amide bonds. The van der Waals surface area contributed by atoms with E-state index in [1.165, 1.54) is 19.2 Å². The third-order valence-electron chi connectivity index (χ3n) is 4.88. The number of nitrogens with zero attached hydrogens (tertiary/aromatic N) is 2. The summed E-state index contributed by atoms with van der Waals surface area (Å²) in [5.41, 5.74) is 2.10. The lowest BCUT2D eigenvalue weighted by atomic mass is 10.1. The van der Waals surface area contributed by atoms with Crippen LogP contribution in [0, 0.1) is 10.1 Å². The molecule has 30 heavy (non-hydrogen) atoms. The lowest BCUT2D eigenvalue weighted by molar-refractivity contribution is -0.385. The van der Waals surface area contributed by atoms with Gasteiger partial charge in [0.25, 0.3) is 5.69 Å². The second kappa shape index (κ2) is 8.04. The quantitative estimate of drug-likeness (QED) is 0.319. The van der Waals surface area contributed by atoms with Crippen LogP contribution in [0.4, 0.5) is 11.4 Å². The van der Waals surface area contributed by atoms with Gasteiger partial charge in [0, 0.05) is 28.8 Å². The third kappa shape index (κ3) is 3.79. The summed E-state index contributed by atoms with van der Waals surface area (Å²) in [6.45, 7) is 0.697. The first-order chi connectivity index (χ1) is 14.5. The number of nitro groups is 1. The maximum atomic E-state index is 11.8. The average molecular weight is 425 g/mol. The van der Waals surface area contributed by atoms with Gasteiger partial charge >= 0.3 is 5.97 Å². The van der Waals surface area contributed by atoms with Crippen LogP contribution in [0.15, 0.2) is 60.7 Å². The molecule has 0 radical (unpaired) electrons. The molecule has 0 atom stereocenters. The van der Waals surface area contributed by atoms with E-state index in [0.29, 0.717) is 22.9 Å². The molecule has 0 unspecified atom stereocenters. The molecule has 7 nitrogen and oxygen atoms in total. The Labute approximate surface area is 177 Å². The number of ether oxygens (including phenoxy) is 2. The topological polar surface area (TPSA) is 81.9 Å². The standard InChI is InChI=1S/C22H17ClN2O5/c1-29-22(26)14-6-7-15(18(10-14)25(27)28)12-24-13-16-4-2-3-5-20(16)30-21-9-8-17(23)11-19(21)24/h2-11H,12-13H2,1H3. The van der Waals surface area contributed by atoms with Gasteiger partial charge in [0.05, 0.1) is 29.8 Å². The van der Waals surface area contributed by atoms with Crippen molar-refractivity contribution in [1.82, 2.24) is 0 Å². The summed E-state index contributed by atoms with van der Waals surface area (Å²) < 4.78 is 10.7. The van der Waals surface area contributed by atoms with Crippen LogP contribution in [-0.2, 0) is 17.8 Å². The molecular weight excluding hydrogens is 408 g/mol. The highest BCUT2D eigenvalue weighted by Crippen LogP contribution is 2.41. The van der Waals surface area contributed by atoms with Crippen LogP contribution in [0.25, 0.3) is 0 Å². The van der Waals surface area contributed by atoms with E-state index in [4.69, 9.17) is 16.3 Å². The SMILES string of the molecule is COC(=O)c1ccc(CN2Cc3ccccc3Oc3ccc(Cl)cc32)c([N+](=O)[O-])c1. The zero-order valence-electron chi connectivity index (χ0n) is 16.0. The van der Waals surface area contributed by atoms with Gasteiger partial charge in [-0.1, -0.05) is 29.8 Å².